The zero-order chi connectivity index (χ0) is 15.4. The molecule has 0 aliphatic carbocycles. The fourth-order valence-electron chi connectivity index (χ4n) is 2.59. The Labute approximate surface area is 130 Å². The summed E-state index contributed by atoms with van der Waals surface area (Å²) >= 11 is 1.27. The van der Waals surface area contributed by atoms with Gasteiger partial charge in [-0.2, -0.15) is 0 Å². The summed E-state index contributed by atoms with van der Waals surface area (Å²) in [4.78, 5) is 23.4. The minimum absolute atomic E-state index is 0.0681. The largest absolute Gasteiger partial charge is 0.375 e. The Balaban J connectivity index is 1.81. The van der Waals surface area contributed by atoms with Crippen molar-refractivity contribution in [3.05, 3.63) is 11.1 Å². The third kappa shape index (κ3) is 4.39. The Hall–Kier alpha value is -1.18. The number of aromatic nitrogens is 1. The SMILES string of the molecule is CN(C)CCN(C)C1CCN(C(=O)c2cnc(N)s2)CC1. The van der Waals surface area contributed by atoms with Gasteiger partial charge in [-0.25, -0.2) is 4.98 Å². The second-order valence-corrected chi connectivity index (χ2v) is 6.93. The summed E-state index contributed by atoms with van der Waals surface area (Å²) in [6.07, 6.45) is 3.64. The molecule has 0 atom stereocenters. The number of thiazole rings is 1. The summed E-state index contributed by atoms with van der Waals surface area (Å²) < 4.78 is 0. The minimum Gasteiger partial charge on any atom is -0.375 e. The Morgan fingerprint density at radius 1 is 1.38 bits per heavy atom. The molecule has 21 heavy (non-hydrogen) atoms. The van der Waals surface area contributed by atoms with Crippen molar-refractivity contribution in [1.29, 1.82) is 0 Å². The predicted octanol–water partition coefficient (Wildman–Crippen LogP) is 0.823. The number of nitrogens with zero attached hydrogens (tertiary/aromatic N) is 4. The molecule has 2 rings (SSSR count). The van der Waals surface area contributed by atoms with Gasteiger partial charge in [0.05, 0.1) is 6.20 Å². The van der Waals surface area contributed by atoms with Crippen LogP contribution in [-0.2, 0) is 0 Å². The highest BCUT2D eigenvalue weighted by molar-refractivity contribution is 7.17. The van der Waals surface area contributed by atoms with Gasteiger partial charge in [0, 0.05) is 32.2 Å². The highest BCUT2D eigenvalue weighted by atomic mass is 32.1. The van der Waals surface area contributed by atoms with Crippen molar-refractivity contribution in [3.8, 4) is 0 Å². The third-order valence-electron chi connectivity index (χ3n) is 4.01. The van der Waals surface area contributed by atoms with E-state index in [1.165, 1.54) is 11.3 Å². The van der Waals surface area contributed by atoms with Gasteiger partial charge in [-0.05, 0) is 34.0 Å². The molecule has 0 radical (unpaired) electrons. The maximum Gasteiger partial charge on any atom is 0.265 e. The highest BCUT2D eigenvalue weighted by Gasteiger charge is 2.26. The molecule has 0 unspecified atom stereocenters. The van der Waals surface area contributed by atoms with E-state index in [9.17, 15) is 4.79 Å². The van der Waals surface area contributed by atoms with Gasteiger partial charge in [0.1, 0.15) is 4.88 Å². The van der Waals surface area contributed by atoms with Crippen molar-refractivity contribution >= 4 is 22.4 Å². The van der Waals surface area contributed by atoms with Gasteiger partial charge in [0.15, 0.2) is 5.13 Å². The van der Waals surface area contributed by atoms with Crippen LogP contribution in [0.3, 0.4) is 0 Å². The topological polar surface area (TPSA) is 65.7 Å². The van der Waals surface area contributed by atoms with Gasteiger partial charge >= 0.3 is 0 Å². The lowest BCUT2D eigenvalue weighted by molar-refractivity contribution is 0.0645. The number of hydrogen-bond donors (Lipinski definition) is 1. The first-order valence-corrected chi connectivity index (χ1v) is 8.14. The van der Waals surface area contributed by atoms with Crippen LogP contribution in [0, 0.1) is 0 Å². The first-order valence-electron chi connectivity index (χ1n) is 7.33. The minimum atomic E-state index is 0.0681. The molecule has 0 saturated carbocycles. The molecule has 7 heteroatoms. The van der Waals surface area contributed by atoms with Crippen molar-refractivity contribution in [2.45, 2.75) is 18.9 Å². The molecule has 1 aromatic rings. The Morgan fingerprint density at radius 2 is 2.05 bits per heavy atom. The lowest BCUT2D eigenvalue weighted by Gasteiger charge is -2.37. The van der Waals surface area contributed by atoms with E-state index < -0.39 is 0 Å². The maximum atomic E-state index is 12.3. The number of hydrogen-bond acceptors (Lipinski definition) is 6. The van der Waals surface area contributed by atoms with Crippen molar-refractivity contribution in [1.82, 2.24) is 19.7 Å². The monoisotopic (exact) mass is 311 g/mol. The number of nitrogens with two attached hydrogens (primary N) is 1. The lowest BCUT2D eigenvalue weighted by Crippen LogP contribution is -2.46. The summed E-state index contributed by atoms with van der Waals surface area (Å²) in [5, 5.41) is 0.455. The van der Waals surface area contributed by atoms with Crippen LogP contribution >= 0.6 is 11.3 Å². The number of amides is 1. The van der Waals surface area contributed by atoms with Crippen molar-refractivity contribution in [2.24, 2.45) is 0 Å². The molecule has 2 N–H and O–H groups in total. The molecule has 0 bridgehead atoms. The number of carbonyl (C=O) groups excluding carboxylic acids is 1. The summed E-state index contributed by atoms with van der Waals surface area (Å²) in [5.41, 5.74) is 5.59. The molecule has 1 amide bonds. The molecule has 1 saturated heterocycles. The van der Waals surface area contributed by atoms with Crippen LogP contribution in [0.5, 0.6) is 0 Å². The Kier molecular flexibility index (Phi) is 5.55. The maximum absolute atomic E-state index is 12.3. The molecule has 118 valence electrons. The number of nitrogen functional groups attached to an aromatic ring is 1. The van der Waals surface area contributed by atoms with Crippen molar-refractivity contribution in [3.63, 3.8) is 0 Å². The normalized spacial score (nSPS) is 16.9. The molecule has 0 aromatic carbocycles. The fourth-order valence-corrected chi connectivity index (χ4v) is 3.24. The van der Waals surface area contributed by atoms with Gasteiger partial charge in [0.2, 0.25) is 0 Å². The summed E-state index contributed by atoms with van der Waals surface area (Å²) in [5.74, 6) is 0.0681. The van der Waals surface area contributed by atoms with E-state index in [1.807, 2.05) is 4.90 Å². The average Bonchev–Trinajstić information content (AvgIpc) is 2.90. The highest BCUT2D eigenvalue weighted by Crippen LogP contribution is 2.21. The second-order valence-electron chi connectivity index (χ2n) is 5.87. The molecular weight excluding hydrogens is 286 g/mol. The summed E-state index contributed by atoms with van der Waals surface area (Å²) in [6.45, 7) is 3.76. The Bertz CT molecular complexity index is 468. The quantitative estimate of drug-likeness (QED) is 0.872. The van der Waals surface area contributed by atoms with Crippen LogP contribution in [0.2, 0.25) is 0 Å². The van der Waals surface area contributed by atoms with Gasteiger partial charge in [0.25, 0.3) is 5.91 Å². The molecule has 2 heterocycles. The van der Waals surface area contributed by atoms with Crippen LogP contribution in [0.1, 0.15) is 22.5 Å². The smallest absolute Gasteiger partial charge is 0.265 e. The van der Waals surface area contributed by atoms with E-state index in [-0.39, 0.29) is 5.91 Å². The number of carbonyl (C=O) groups is 1. The third-order valence-corrected chi connectivity index (χ3v) is 4.82. The van der Waals surface area contributed by atoms with Crippen LogP contribution in [0.15, 0.2) is 6.20 Å². The lowest BCUT2D eigenvalue weighted by atomic mass is 10.0. The second kappa shape index (κ2) is 7.20. The van der Waals surface area contributed by atoms with E-state index in [2.05, 4.69) is 35.9 Å². The van der Waals surface area contributed by atoms with E-state index in [4.69, 9.17) is 5.73 Å². The van der Waals surface area contributed by atoms with Crippen LogP contribution in [0.25, 0.3) is 0 Å². The fraction of sp³-hybridized carbons (Fsp3) is 0.714. The van der Waals surface area contributed by atoms with E-state index >= 15 is 0 Å². The molecule has 1 aliphatic rings. The summed E-state index contributed by atoms with van der Waals surface area (Å²) in [7, 11) is 6.36. The predicted molar refractivity (Wildman–Crippen MR) is 86.6 cm³/mol. The van der Waals surface area contributed by atoms with Crippen LogP contribution in [0.4, 0.5) is 5.13 Å². The Morgan fingerprint density at radius 3 is 2.57 bits per heavy atom. The molecule has 1 aromatic heterocycles. The number of piperidine rings is 1. The number of likely N-dealkylation sites (tertiary alicyclic amines) is 1. The average molecular weight is 311 g/mol. The summed E-state index contributed by atoms with van der Waals surface area (Å²) in [6, 6.07) is 0.570. The van der Waals surface area contributed by atoms with E-state index in [0.717, 1.165) is 39.0 Å². The van der Waals surface area contributed by atoms with Gasteiger partial charge in [-0.3, -0.25) is 4.79 Å². The van der Waals surface area contributed by atoms with Crippen molar-refractivity contribution < 1.29 is 4.79 Å². The van der Waals surface area contributed by atoms with Crippen molar-refractivity contribution in [2.75, 3.05) is 53.1 Å². The first-order chi connectivity index (χ1) is 9.97. The molecule has 1 fully saturated rings. The molecule has 1 aliphatic heterocycles. The first kappa shape index (κ1) is 16.2. The number of rotatable bonds is 5. The van der Waals surface area contributed by atoms with Gasteiger partial charge < -0.3 is 20.4 Å². The van der Waals surface area contributed by atoms with E-state index in [0.29, 0.717) is 16.1 Å². The van der Waals surface area contributed by atoms with Gasteiger partial charge in [-0.1, -0.05) is 11.3 Å². The van der Waals surface area contributed by atoms with Crippen LogP contribution < -0.4 is 5.73 Å². The zero-order valence-corrected chi connectivity index (χ0v) is 13.9. The number of likely N-dealkylation sites (N-methyl/N-ethyl adjacent to an activating group) is 2. The zero-order valence-electron chi connectivity index (χ0n) is 13.1. The molecular formula is C14H25N5OS. The van der Waals surface area contributed by atoms with E-state index in [1.54, 1.807) is 6.20 Å². The van der Waals surface area contributed by atoms with Gasteiger partial charge in [-0.15, -0.1) is 0 Å². The number of anilines is 1. The molecule has 6 nitrogen and oxygen atoms in total. The molecule has 0 spiro atoms. The van der Waals surface area contributed by atoms with Crippen LogP contribution in [-0.4, -0.2) is 79.0 Å². The standard InChI is InChI=1S/C14H25N5OS/c1-17(2)8-9-18(3)11-4-6-19(7-5-11)13(20)12-10-16-14(15)21-12/h10-11H,4-9H2,1-3H3,(H2,15,16).